The third kappa shape index (κ3) is 2.38. The third-order valence-electron chi connectivity index (χ3n) is 3.80. The van der Waals surface area contributed by atoms with Crippen molar-refractivity contribution in [2.45, 2.75) is 6.10 Å². The summed E-state index contributed by atoms with van der Waals surface area (Å²) in [5, 5.41) is 0.829. The van der Waals surface area contributed by atoms with Crippen molar-refractivity contribution < 1.29 is 13.9 Å². The fourth-order valence-electron chi connectivity index (χ4n) is 2.79. The summed E-state index contributed by atoms with van der Waals surface area (Å²) in [5.41, 5.74) is 1.30. The second kappa shape index (κ2) is 5.65. The lowest BCUT2D eigenvalue weighted by molar-refractivity contribution is 0.181. The second-order valence-corrected chi connectivity index (χ2v) is 5.21. The van der Waals surface area contributed by atoms with Crippen molar-refractivity contribution in [2.24, 2.45) is 0 Å². The minimum absolute atomic E-state index is 0.414. The van der Waals surface area contributed by atoms with Crippen molar-refractivity contribution in [2.75, 3.05) is 6.61 Å². The summed E-state index contributed by atoms with van der Waals surface area (Å²) < 4.78 is 16.8. The zero-order valence-corrected chi connectivity index (χ0v) is 12.3. The van der Waals surface area contributed by atoms with E-state index in [0.29, 0.717) is 23.5 Å². The highest BCUT2D eigenvalue weighted by molar-refractivity contribution is 5.91. The molecule has 0 saturated carbocycles. The van der Waals surface area contributed by atoms with Gasteiger partial charge in [-0.3, -0.25) is 0 Å². The van der Waals surface area contributed by atoms with Gasteiger partial charge in [0.05, 0.1) is 11.8 Å². The third-order valence-corrected chi connectivity index (χ3v) is 3.80. The van der Waals surface area contributed by atoms with Crippen LogP contribution in [0.5, 0.6) is 0 Å². The van der Waals surface area contributed by atoms with Crippen LogP contribution in [-0.2, 0) is 9.47 Å². The molecule has 4 nitrogen and oxygen atoms in total. The van der Waals surface area contributed by atoms with E-state index in [9.17, 15) is 4.79 Å². The highest BCUT2D eigenvalue weighted by Gasteiger charge is 2.26. The van der Waals surface area contributed by atoms with Crippen LogP contribution in [0.3, 0.4) is 0 Å². The number of para-hydroxylation sites is 1. The van der Waals surface area contributed by atoms with E-state index in [1.54, 1.807) is 18.4 Å². The van der Waals surface area contributed by atoms with Gasteiger partial charge in [-0.15, -0.1) is 0 Å². The Bertz CT molecular complexity index is 928. The molecule has 0 saturated heterocycles. The summed E-state index contributed by atoms with van der Waals surface area (Å²) in [4.78, 5) is 12.6. The van der Waals surface area contributed by atoms with Gasteiger partial charge in [0.1, 0.15) is 24.1 Å². The van der Waals surface area contributed by atoms with Gasteiger partial charge < -0.3 is 13.9 Å². The molecule has 23 heavy (non-hydrogen) atoms. The monoisotopic (exact) mass is 306 g/mol. The summed E-state index contributed by atoms with van der Waals surface area (Å²) in [6, 6.07) is 7.44. The van der Waals surface area contributed by atoms with Crippen molar-refractivity contribution in [3.8, 4) is 0 Å². The highest BCUT2D eigenvalue weighted by Crippen LogP contribution is 2.34. The summed E-state index contributed by atoms with van der Waals surface area (Å²) >= 11 is 0. The Morgan fingerprint density at radius 2 is 2.00 bits per heavy atom. The lowest BCUT2D eigenvalue weighted by Gasteiger charge is -2.21. The predicted molar refractivity (Wildman–Crippen MR) is 87.7 cm³/mol. The van der Waals surface area contributed by atoms with Crippen LogP contribution in [0.15, 0.2) is 76.2 Å². The van der Waals surface area contributed by atoms with Crippen molar-refractivity contribution in [1.29, 1.82) is 0 Å². The van der Waals surface area contributed by atoms with E-state index in [4.69, 9.17) is 13.9 Å². The molecule has 0 radical (unpaired) electrons. The van der Waals surface area contributed by atoms with Gasteiger partial charge in [-0.05, 0) is 30.4 Å². The fourth-order valence-corrected chi connectivity index (χ4v) is 2.79. The molecule has 1 aromatic heterocycles. The Kier molecular flexibility index (Phi) is 3.35. The molecule has 0 fully saturated rings. The van der Waals surface area contributed by atoms with Crippen molar-refractivity contribution in [1.82, 2.24) is 0 Å². The van der Waals surface area contributed by atoms with E-state index in [2.05, 4.69) is 0 Å². The van der Waals surface area contributed by atoms with E-state index in [0.717, 1.165) is 10.9 Å². The lowest BCUT2D eigenvalue weighted by atomic mass is 9.97. The van der Waals surface area contributed by atoms with E-state index < -0.39 is 11.7 Å². The van der Waals surface area contributed by atoms with Crippen LogP contribution in [0, 0.1) is 0 Å². The molecule has 3 heterocycles. The smallest absolute Gasteiger partial charge is 0.344 e. The van der Waals surface area contributed by atoms with Gasteiger partial charge in [-0.25, -0.2) is 4.79 Å². The molecule has 4 heteroatoms. The van der Waals surface area contributed by atoms with E-state index >= 15 is 0 Å². The van der Waals surface area contributed by atoms with Gasteiger partial charge in [-0.1, -0.05) is 30.4 Å². The van der Waals surface area contributed by atoms with Crippen LogP contribution >= 0.6 is 0 Å². The molecule has 2 aliphatic heterocycles. The molecule has 1 atom stereocenters. The number of hydrogen-bond donors (Lipinski definition) is 0. The number of benzene rings is 1. The molecule has 1 unspecified atom stereocenters. The number of allylic oxidation sites excluding steroid dienone is 4. The Hall–Kier alpha value is -3.01. The van der Waals surface area contributed by atoms with Gasteiger partial charge in [0.15, 0.2) is 0 Å². The van der Waals surface area contributed by atoms with Gasteiger partial charge in [-0.2, -0.15) is 0 Å². The maximum atomic E-state index is 12.6. The predicted octanol–water partition coefficient (Wildman–Crippen LogP) is 3.86. The average Bonchev–Trinajstić information content (AvgIpc) is 2.62. The summed E-state index contributed by atoms with van der Waals surface area (Å²) in [6.07, 6.45) is 12.2. The molecular weight excluding hydrogens is 292 g/mol. The van der Waals surface area contributed by atoms with Crippen LogP contribution in [0.25, 0.3) is 16.7 Å². The molecule has 114 valence electrons. The molecule has 0 N–H and O–H groups in total. The van der Waals surface area contributed by atoms with Crippen molar-refractivity contribution in [3.05, 3.63) is 88.5 Å². The first kappa shape index (κ1) is 13.6. The zero-order valence-electron chi connectivity index (χ0n) is 12.3. The van der Waals surface area contributed by atoms with E-state index in [1.807, 2.05) is 48.6 Å². The first-order valence-corrected chi connectivity index (χ1v) is 7.39. The minimum atomic E-state index is -0.494. The summed E-state index contributed by atoms with van der Waals surface area (Å²) in [5.74, 6) is 0.651. The number of hydrogen-bond acceptors (Lipinski definition) is 4. The quantitative estimate of drug-likeness (QED) is 0.790. The van der Waals surface area contributed by atoms with Crippen LogP contribution in [0.4, 0.5) is 0 Å². The molecule has 2 aliphatic rings. The van der Waals surface area contributed by atoms with Crippen LogP contribution < -0.4 is 5.63 Å². The molecular formula is C19H14O4. The molecule has 1 aromatic carbocycles. The summed E-state index contributed by atoms with van der Waals surface area (Å²) in [6.45, 7) is 0.473. The normalized spacial score (nSPS) is 19.3. The topological polar surface area (TPSA) is 48.7 Å². The molecule has 0 aliphatic carbocycles. The van der Waals surface area contributed by atoms with Crippen LogP contribution in [0.2, 0.25) is 0 Å². The standard InChI is InChI=1S/C19H14O4/c20-19-18(16-10-4-6-12-22-16)17(15-9-3-5-11-21-15)13-7-1-2-8-14(13)23-19/h1-10,12,16H,11H2. The Morgan fingerprint density at radius 1 is 1.09 bits per heavy atom. The van der Waals surface area contributed by atoms with Gasteiger partial charge in [0.25, 0.3) is 0 Å². The Morgan fingerprint density at radius 3 is 2.78 bits per heavy atom. The van der Waals surface area contributed by atoms with Crippen molar-refractivity contribution in [3.63, 3.8) is 0 Å². The lowest BCUT2D eigenvalue weighted by Crippen LogP contribution is -2.18. The SMILES string of the molecule is O=c1oc2ccccc2c(C2=CC=CCO2)c1C1C=CC=CO1. The summed E-state index contributed by atoms with van der Waals surface area (Å²) in [7, 11) is 0. The van der Waals surface area contributed by atoms with E-state index in [-0.39, 0.29) is 0 Å². The molecule has 2 aromatic rings. The van der Waals surface area contributed by atoms with Crippen LogP contribution in [0.1, 0.15) is 17.2 Å². The highest BCUT2D eigenvalue weighted by atomic mass is 16.5. The van der Waals surface area contributed by atoms with Crippen molar-refractivity contribution >= 4 is 16.7 Å². The zero-order chi connectivity index (χ0) is 15.6. The fraction of sp³-hybridized carbons (Fsp3) is 0.105. The number of fused-ring (bicyclic) bond motifs is 1. The van der Waals surface area contributed by atoms with Gasteiger partial charge in [0, 0.05) is 10.9 Å². The van der Waals surface area contributed by atoms with Gasteiger partial charge in [0.2, 0.25) is 0 Å². The molecule has 4 rings (SSSR count). The Labute approximate surface area is 132 Å². The average molecular weight is 306 g/mol. The largest absolute Gasteiger partial charge is 0.489 e. The number of rotatable bonds is 2. The van der Waals surface area contributed by atoms with Crippen LogP contribution in [-0.4, -0.2) is 6.61 Å². The Balaban J connectivity index is 2.04. The number of ether oxygens (including phenoxy) is 2. The molecule has 0 amide bonds. The molecule has 0 spiro atoms. The minimum Gasteiger partial charge on any atom is -0.489 e. The first-order chi connectivity index (χ1) is 11.3. The maximum Gasteiger partial charge on any atom is 0.344 e. The van der Waals surface area contributed by atoms with Gasteiger partial charge >= 0.3 is 5.63 Å². The second-order valence-electron chi connectivity index (χ2n) is 5.21. The first-order valence-electron chi connectivity index (χ1n) is 7.39. The maximum absolute atomic E-state index is 12.6. The molecule has 0 bridgehead atoms. The van der Waals surface area contributed by atoms with E-state index in [1.165, 1.54) is 0 Å².